The molecule has 170 valence electrons. The minimum atomic E-state index is -0.0171. The van der Waals surface area contributed by atoms with Crippen LogP contribution in [0.1, 0.15) is 27.5 Å². The Balaban J connectivity index is 1.29. The van der Waals surface area contributed by atoms with Gasteiger partial charge in [0, 0.05) is 62.4 Å². The van der Waals surface area contributed by atoms with Gasteiger partial charge in [-0.1, -0.05) is 30.3 Å². The number of hydrogen-bond donors (Lipinski definition) is 0. The van der Waals surface area contributed by atoms with E-state index in [4.69, 9.17) is 4.74 Å². The first-order valence-electron chi connectivity index (χ1n) is 11.4. The molecular weight excluding hydrogens is 414 g/mol. The Morgan fingerprint density at radius 2 is 1.82 bits per heavy atom. The number of nitrogens with zero attached hydrogens (tertiary/aromatic N) is 5. The predicted octanol–water partition coefficient (Wildman–Crippen LogP) is 2.94. The molecule has 0 N–H and O–H groups in total. The molecule has 2 aliphatic rings. The van der Waals surface area contributed by atoms with Crippen molar-refractivity contribution in [2.75, 3.05) is 53.4 Å². The summed E-state index contributed by atoms with van der Waals surface area (Å²) in [5.74, 6) is 0.584. The summed E-state index contributed by atoms with van der Waals surface area (Å²) in [6.07, 6.45) is 5.15. The van der Waals surface area contributed by atoms with Gasteiger partial charge in [-0.3, -0.25) is 19.7 Å². The van der Waals surface area contributed by atoms with E-state index in [-0.39, 0.29) is 11.9 Å². The lowest BCUT2D eigenvalue weighted by Crippen LogP contribution is -2.49. The van der Waals surface area contributed by atoms with Crippen LogP contribution >= 0.6 is 0 Å². The molecular formula is C26H29N5O2. The molecule has 3 aromatic rings. The number of piperazine rings is 1. The second kappa shape index (κ2) is 9.29. The summed E-state index contributed by atoms with van der Waals surface area (Å²) >= 11 is 0. The van der Waals surface area contributed by atoms with Crippen molar-refractivity contribution < 1.29 is 9.53 Å². The second-order valence-corrected chi connectivity index (χ2v) is 8.78. The van der Waals surface area contributed by atoms with Gasteiger partial charge in [-0.15, -0.1) is 0 Å². The molecule has 1 unspecified atom stereocenters. The Morgan fingerprint density at radius 1 is 1.03 bits per heavy atom. The molecule has 0 bridgehead atoms. The molecule has 5 rings (SSSR count). The highest BCUT2D eigenvalue weighted by Crippen LogP contribution is 2.45. The fourth-order valence-electron chi connectivity index (χ4n) is 4.74. The van der Waals surface area contributed by atoms with Crippen molar-refractivity contribution in [1.29, 1.82) is 0 Å². The van der Waals surface area contributed by atoms with Crippen LogP contribution in [0.3, 0.4) is 0 Å². The van der Waals surface area contributed by atoms with E-state index in [9.17, 15) is 4.79 Å². The van der Waals surface area contributed by atoms with Crippen molar-refractivity contribution in [3.05, 3.63) is 77.7 Å². The molecule has 0 saturated carbocycles. The topological polar surface area (TPSA) is 61.8 Å². The van der Waals surface area contributed by atoms with E-state index < -0.39 is 0 Å². The zero-order valence-electron chi connectivity index (χ0n) is 19.1. The summed E-state index contributed by atoms with van der Waals surface area (Å²) in [7, 11) is 4.00. The molecule has 1 fully saturated rings. The molecule has 1 aliphatic heterocycles. The lowest BCUT2D eigenvalue weighted by Gasteiger charge is -2.38. The molecule has 1 amide bonds. The van der Waals surface area contributed by atoms with Gasteiger partial charge in [0.2, 0.25) is 0 Å². The molecule has 7 nitrogen and oxygen atoms in total. The maximum absolute atomic E-state index is 13.3. The molecule has 1 atom stereocenters. The van der Waals surface area contributed by atoms with Gasteiger partial charge in [-0.05, 0) is 31.8 Å². The molecule has 1 aromatic carbocycles. The quantitative estimate of drug-likeness (QED) is 0.584. The van der Waals surface area contributed by atoms with Crippen LogP contribution in [0.25, 0.3) is 11.3 Å². The molecule has 0 spiro atoms. The van der Waals surface area contributed by atoms with Crippen LogP contribution in [0.2, 0.25) is 0 Å². The summed E-state index contributed by atoms with van der Waals surface area (Å²) in [5.41, 5.74) is 5.38. The number of aromatic nitrogens is 2. The molecule has 0 radical (unpaired) electrons. The van der Waals surface area contributed by atoms with Gasteiger partial charge in [-0.25, -0.2) is 0 Å². The van der Waals surface area contributed by atoms with Crippen LogP contribution in [0, 0.1) is 0 Å². The number of ether oxygens (including phenoxy) is 1. The maximum atomic E-state index is 13.3. The van der Waals surface area contributed by atoms with Crippen LogP contribution in [0.15, 0.2) is 61.1 Å². The van der Waals surface area contributed by atoms with E-state index in [0.717, 1.165) is 25.3 Å². The molecule has 3 heterocycles. The molecule has 7 heteroatoms. The highest BCUT2D eigenvalue weighted by Gasteiger charge is 2.36. The minimum Gasteiger partial charge on any atom is -0.491 e. The first-order chi connectivity index (χ1) is 16.1. The molecule has 2 aromatic heterocycles. The van der Waals surface area contributed by atoms with E-state index in [1.807, 2.05) is 31.3 Å². The number of carbonyl (C=O) groups excluding carboxylic acids is 1. The average molecular weight is 444 g/mol. The standard InChI is InChI=1S/C26H29N5O2/c1-29(2)16-17-33-23-9-11-27-18-22(23)26(32)31-14-12-30(13-15-31)25-20-7-4-3-6-19(20)24-21(25)8-5-10-28-24/h3-11,18,25H,12-17H2,1-2H3. The smallest absolute Gasteiger partial charge is 0.259 e. The normalized spacial score (nSPS) is 17.7. The van der Waals surface area contributed by atoms with Gasteiger partial charge in [0.1, 0.15) is 12.4 Å². The van der Waals surface area contributed by atoms with E-state index in [1.165, 1.54) is 16.7 Å². The van der Waals surface area contributed by atoms with Gasteiger partial charge < -0.3 is 14.5 Å². The van der Waals surface area contributed by atoms with Crippen LogP contribution in [-0.4, -0.2) is 84.0 Å². The van der Waals surface area contributed by atoms with Gasteiger partial charge in [0.15, 0.2) is 0 Å². The number of fused-ring (bicyclic) bond motifs is 3. The number of benzene rings is 1. The van der Waals surface area contributed by atoms with Crippen LogP contribution in [0.4, 0.5) is 0 Å². The number of amides is 1. The molecule has 33 heavy (non-hydrogen) atoms. The van der Waals surface area contributed by atoms with Gasteiger partial charge in [0.05, 0.1) is 17.3 Å². The second-order valence-electron chi connectivity index (χ2n) is 8.78. The Kier molecular flexibility index (Phi) is 6.07. The fourth-order valence-corrected chi connectivity index (χ4v) is 4.74. The van der Waals surface area contributed by atoms with Crippen molar-refractivity contribution in [3.63, 3.8) is 0 Å². The van der Waals surface area contributed by atoms with Crippen LogP contribution in [0.5, 0.6) is 5.75 Å². The first-order valence-corrected chi connectivity index (χ1v) is 11.4. The van der Waals surface area contributed by atoms with Crippen molar-refractivity contribution in [2.45, 2.75) is 6.04 Å². The number of rotatable bonds is 6. The minimum absolute atomic E-state index is 0.0171. The Bertz CT molecular complexity index is 1100. The summed E-state index contributed by atoms with van der Waals surface area (Å²) in [6, 6.07) is 14.7. The number of likely N-dealkylation sites (N-methyl/N-ethyl adjacent to an activating group) is 1. The average Bonchev–Trinajstić information content (AvgIpc) is 3.18. The van der Waals surface area contributed by atoms with Crippen molar-refractivity contribution >= 4 is 5.91 Å². The maximum Gasteiger partial charge on any atom is 0.259 e. The predicted molar refractivity (Wildman–Crippen MR) is 127 cm³/mol. The molecule has 1 aliphatic carbocycles. The SMILES string of the molecule is CN(C)CCOc1ccncc1C(=O)N1CCN(C2c3ccccc3-c3ncccc32)CC1. The van der Waals surface area contributed by atoms with E-state index in [1.54, 1.807) is 18.5 Å². The summed E-state index contributed by atoms with van der Waals surface area (Å²) < 4.78 is 5.89. The third kappa shape index (κ3) is 4.21. The highest BCUT2D eigenvalue weighted by molar-refractivity contribution is 5.96. The van der Waals surface area contributed by atoms with Gasteiger partial charge >= 0.3 is 0 Å². The lowest BCUT2D eigenvalue weighted by atomic mass is 10.0. The summed E-state index contributed by atoms with van der Waals surface area (Å²) in [4.78, 5) is 28.6. The summed E-state index contributed by atoms with van der Waals surface area (Å²) in [5, 5.41) is 0. The van der Waals surface area contributed by atoms with Crippen LogP contribution in [-0.2, 0) is 0 Å². The van der Waals surface area contributed by atoms with Crippen LogP contribution < -0.4 is 4.74 Å². The first kappa shape index (κ1) is 21.6. The monoisotopic (exact) mass is 443 g/mol. The van der Waals surface area contributed by atoms with Crippen molar-refractivity contribution in [3.8, 4) is 17.0 Å². The van der Waals surface area contributed by atoms with Crippen molar-refractivity contribution in [1.82, 2.24) is 24.7 Å². The third-order valence-corrected chi connectivity index (χ3v) is 6.42. The Hall–Kier alpha value is -3.29. The van der Waals surface area contributed by atoms with E-state index >= 15 is 0 Å². The lowest BCUT2D eigenvalue weighted by molar-refractivity contribution is 0.0595. The zero-order chi connectivity index (χ0) is 22.8. The van der Waals surface area contributed by atoms with Gasteiger partial charge in [0.25, 0.3) is 5.91 Å². The number of carbonyl (C=O) groups is 1. The van der Waals surface area contributed by atoms with Crippen molar-refractivity contribution in [2.24, 2.45) is 0 Å². The highest BCUT2D eigenvalue weighted by atomic mass is 16.5. The third-order valence-electron chi connectivity index (χ3n) is 6.42. The number of hydrogen-bond acceptors (Lipinski definition) is 6. The number of pyridine rings is 2. The zero-order valence-corrected chi connectivity index (χ0v) is 19.1. The van der Waals surface area contributed by atoms with E-state index in [0.29, 0.717) is 31.0 Å². The Morgan fingerprint density at radius 3 is 2.64 bits per heavy atom. The fraction of sp³-hybridized carbons (Fsp3) is 0.346. The molecule has 1 saturated heterocycles. The Labute approximate surface area is 194 Å². The van der Waals surface area contributed by atoms with E-state index in [2.05, 4.69) is 50.1 Å². The summed E-state index contributed by atoms with van der Waals surface area (Å²) in [6.45, 7) is 4.25. The largest absolute Gasteiger partial charge is 0.491 e. The van der Waals surface area contributed by atoms with Gasteiger partial charge in [-0.2, -0.15) is 0 Å².